The lowest BCUT2D eigenvalue weighted by molar-refractivity contribution is -0.136. The summed E-state index contributed by atoms with van der Waals surface area (Å²) in [6.45, 7) is 4.43. The van der Waals surface area contributed by atoms with Gasteiger partial charge in [-0.3, -0.25) is 9.59 Å². The van der Waals surface area contributed by atoms with E-state index in [4.69, 9.17) is 0 Å². The zero-order valence-corrected chi connectivity index (χ0v) is 18.2. The van der Waals surface area contributed by atoms with Gasteiger partial charge in [-0.1, -0.05) is 18.2 Å². The van der Waals surface area contributed by atoms with E-state index in [-0.39, 0.29) is 49.3 Å². The van der Waals surface area contributed by atoms with Crippen LogP contribution in [-0.2, 0) is 19.6 Å². The van der Waals surface area contributed by atoms with Crippen molar-refractivity contribution in [2.24, 2.45) is 0 Å². The Morgan fingerprint density at radius 2 is 1.77 bits per heavy atom. The molecule has 2 heterocycles. The molecule has 9 heteroatoms. The highest BCUT2D eigenvalue weighted by Gasteiger charge is 2.37. The number of fused-ring (bicyclic) bond motifs is 1. The van der Waals surface area contributed by atoms with Crippen molar-refractivity contribution in [1.29, 1.82) is 0 Å². The molecule has 2 aromatic carbocycles. The highest BCUT2D eigenvalue weighted by atomic mass is 32.2. The van der Waals surface area contributed by atoms with Crippen molar-refractivity contribution in [2.75, 3.05) is 31.5 Å². The molecule has 1 fully saturated rings. The number of nitrogens with one attached hydrogen (secondary N) is 1. The second-order valence-corrected chi connectivity index (χ2v) is 9.94. The predicted molar refractivity (Wildman–Crippen MR) is 114 cm³/mol. The van der Waals surface area contributed by atoms with Crippen LogP contribution in [0.3, 0.4) is 0 Å². The number of halogens is 1. The van der Waals surface area contributed by atoms with Crippen molar-refractivity contribution < 1.29 is 22.4 Å². The first-order valence-electron chi connectivity index (χ1n) is 10.1. The molecule has 7 nitrogen and oxygen atoms in total. The molecule has 0 radical (unpaired) electrons. The number of aryl methyl sites for hydroxylation is 2. The highest BCUT2D eigenvalue weighted by molar-refractivity contribution is 7.89. The largest absolute Gasteiger partial charge is 0.340 e. The molecule has 1 atom stereocenters. The Bertz CT molecular complexity index is 1160. The number of carbonyl (C=O) groups excluding carboxylic acids is 2. The molecule has 2 aromatic rings. The van der Waals surface area contributed by atoms with E-state index in [1.807, 2.05) is 13.0 Å². The van der Waals surface area contributed by atoms with Crippen molar-refractivity contribution in [3.63, 3.8) is 0 Å². The average molecular weight is 446 g/mol. The standard InChI is InChI=1S/C22H24FN3O4S/c1-14-3-4-15(2)20(11-14)31(29,30)26-9-7-25(8-10-26)22(28)18-13-21(27)24-19-12-16(23)5-6-17(18)19/h3-6,11-12,18H,7-10,13H2,1-2H3,(H,24,27)/t18-/m1/s1. The molecule has 0 spiro atoms. The van der Waals surface area contributed by atoms with Crippen LogP contribution in [-0.4, -0.2) is 55.6 Å². The predicted octanol–water partition coefficient (Wildman–Crippen LogP) is 2.40. The average Bonchev–Trinajstić information content (AvgIpc) is 2.74. The summed E-state index contributed by atoms with van der Waals surface area (Å²) in [6.07, 6.45) is -0.0154. The minimum atomic E-state index is -3.66. The van der Waals surface area contributed by atoms with Gasteiger partial charge in [-0.25, -0.2) is 12.8 Å². The zero-order chi connectivity index (χ0) is 22.3. The Morgan fingerprint density at radius 1 is 1.06 bits per heavy atom. The molecule has 0 aromatic heterocycles. The van der Waals surface area contributed by atoms with E-state index in [0.29, 0.717) is 16.8 Å². The summed E-state index contributed by atoms with van der Waals surface area (Å²) in [6, 6.07) is 9.32. The van der Waals surface area contributed by atoms with E-state index < -0.39 is 21.8 Å². The van der Waals surface area contributed by atoms with E-state index in [1.165, 1.54) is 22.5 Å². The zero-order valence-electron chi connectivity index (χ0n) is 17.4. The molecule has 2 aliphatic heterocycles. The third kappa shape index (κ3) is 4.07. The number of anilines is 1. The molecular weight excluding hydrogens is 421 g/mol. The maximum absolute atomic E-state index is 13.5. The van der Waals surface area contributed by atoms with Crippen LogP contribution >= 0.6 is 0 Å². The fourth-order valence-corrected chi connectivity index (χ4v) is 5.88. The molecule has 2 amide bonds. The van der Waals surface area contributed by atoms with Gasteiger partial charge in [0, 0.05) is 38.3 Å². The molecule has 1 saturated heterocycles. The van der Waals surface area contributed by atoms with Gasteiger partial charge in [-0.05, 0) is 48.7 Å². The summed E-state index contributed by atoms with van der Waals surface area (Å²) >= 11 is 0. The van der Waals surface area contributed by atoms with Gasteiger partial charge in [0.1, 0.15) is 5.82 Å². The normalized spacial score (nSPS) is 19.6. The number of nitrogens with zero attached hydrogens (tertiary/aromatic N) is 2. The van der Waals surface area contributed by atoms with Gasteiger partial charge in [-0.15, -0.1) is 0 Å². The lowest BCUT2D eigenvalue weighted by atomic mass is 9.89. The summed E-state index contributed by atoms with van der Waals surface area (Å²) in [5.74, 6) is -1.77. The fraction of sp³-hybridized carbons (Fsp3) is 0.364. The van der Waals surface area contributed by atoms with Crippen LogP contribution in [0.5, 0.6) is 0 Å². The molecule has 1 N–H and O–H groups in total. The molecule has 31 heavy (non-hydrogen) atoms. The Labute approximate surface area is 180 Å². The number of rotatable bonds is 3. The van der Waals surface area contributed by atoms with Gasteiger partial charge in [-0.2, -0.15) is 4.31 Å². The maximum atomic E-state index is 13.5. The number of hydrogen-bond acceptors (Lipinski definition) is 4. The summed E-state index contributed by atoms with van der Waals surface area (Å²) in [7, 11) is -3.66. The topological polar surface area (TPSA) is 86.8 Å². The van der Waals surface area contributed by atoms with Crippen molar-refractivity contribution in [3.05, 3.63) is 58.9 Å². The molecule has 164 valence electrons. The minimum absolute atomic E-state index is 0.0154. The van der Waals surface area contributed by atoms with E-state index in [2.05, 4.69) is 5.32 Å². The number of amides is 2. The Kier molecular flexibility index (Phi) is 5.57. The Balaban J connectivity index is 1.50. The SMILES string of the molecule is Cc1ccc(C)c(S(=O)(=O)N2CCN(C(=O)[C@@H]3CC(=O)Nc4cc(F)ccc43)CC2)c1. The van der Waals surface area contributed by atoms with Gasteiger partial charge in [0.25, 0.3) is 0 Å². The Morgan fingerprint density at radius 3 is 2.48 bits per heavy atom. The first-order chi connectivity index (χ1) is 14.7. The number of benzene rings is 2. The summed E-state index contributed by atoms with van der Waals surface area (Å²) in [5, 5.41) is 2.61. The molecule has 0 unspecified atom stereocenters. The van der Waals surface area contributed by atoms with Crippen LogP contribution in [0.4, 0.5) is 10.1 Å². The van der Waals surface area contributed by atoms with E-state index in [9.17, 15) is 22.4 Å². The summed E-state index contributed by atoms with van der Waals surface area (Å²) < 4.78 is 41.2. The summed E-state index contributed by atoms with van der Waals surface area (Å²) in [4.78, 5) is 27.1. The smallest absolute Gasteiger partial charge is 0.243 e. The van der Waals surface area contributed by atoms with Crippen molar-refractivity contribution >= 4 is 27.5 Å². The molecule has 0 bridgehead atoms. The number of hydrogen-bond donors (Lipinski definition) is 1. The van der Waals surface area contributed by atoms with Crippen LogP contribution in [0.15, 0.2) is 41.3 Å². The van der Waals surface area contributed by atoms with Crippen molar-refractivity contribution in [3.8, 4) is 0 Å². The molecule has 0 aliphatic carbocycles. The van der Waals surface area contributed by atoms with Crippen LogP contribution in [0, 0.1) is 19.7 Å². The quantitative estimate of drug-likeness (QED) is 0.786. The first kappa shape index (κ1) is 21.5. The second kappa shape index (κ2) is 8.05. The number of piperazine rings is 1. The van der Waals surface area contributed by atoms with Gasteiger partial charge in [0.05, 0.1) is 10.8 Å². The monoisotopic (exact) mass is 445 g/mol. The lowest BCUT2D eigenvalue weighted by Crippen LogP contribution is -2.52. The maximum Gasteiger partial charge on any atom is 0.243 e. The molecular formula is C22H24FN3O4S. The van der Waals surface area contributed by atoms with Gasteiger partial charge in [0.15, 0.2) is 0 Å². The van der Waals surface area contributed by atoms with Gasteiger partial charge >= 0.3 is 0 Å². The van der Waals surface area contributed by atoms with Crippen LogP contribution in [0.2, 0.25) is 0 Å². The van der Waals surface area contributed by atoms with E-state index in [0.717, 1.165) is 5.56 Å². The lowest BCUT2D eigenvalue weighted by Gasteiger charge is -2.37. The van der Waals surface area contributed by atoms with Crippen LogP contribution in [0.1, 0.15) is 29.0 Å². The van der Waals surface area contributed by atoms with Crippen LogP contribution in [0.25, 0.3) is 0 Å². The van der Waals surface area contributed by atoms with E-state index >= 15 is 0 Å². The first-order valence-corrected chi connectivity index (χ1v) is 11.6. The van der Waals surface area contributed by atoms with Crippen LogP contribution < -0.4 is 5.32 Å². The number of sulfonamides is 1. The van der Waals surface area contributed by atoms with Gasteiger partial charge < -0.3 is 10.2 Å². The third-order valence-corrected chi connectivity index (χ3v) is 7.90. The van der Waals surface area contributed by atoms with Crippen molar-refractivity contribution in [2.45, 2.75) is 31.1 Å². The van der Waals surface area contributed by atoms with E-state index in [1.54, 1.807) is 24.0 Å². The second-order valence-electron chi connectivity index (χ2n) is 8.03. The Hall–Kier alpha value is -2.78. The highest BCUT2D eigenvalue weighted by Crippen LogP contribution is 2.34. The third-order valence-electron chi connectivity index (χ3n) is 5.86. The molecule has 4 rings (SSSR count). The van der Waals surface area contributed by atoms with Crippen molar-refractivity contribution in [1.82, 2.24) is 9.21 Å². The number of carbonyl (C=O) groups is 2. The minimum Gasteiger partial charge on any atom is -0.340 e. The van der Waals surface area contributed by atoms with Gasteiger partial charge in [0.2, 0.25) is 21.8 Å². The molecule has 2 aliphatic rings. The fourth-order valence-electron chi connectivity index (χ4n) is 4.15. The molecule has 0 saturated carbocycles. The summed E-state index contributed by atoms with van der Waals surface area (Å²) in [5.41, 5.74) is 2.44.